The topological polar surface area (TPSA) is 81.2 Å². The first-order chi connectivity index (χ1) is 16.2. The first-order valence-electron chi connectivity index (χ1n) is 11.0. The van der Waals surface area contributed by atoms with Crippen molar-refractivity contribution in [1.82, 2.24) is 9.80 Å². The Morgan fingerprint density at radius 3 is 2.44 bits per heavy atom. The standard InChI is InChI=1S/C26H26FN3O4/c1-4-14-29-20-9-6-5-8-19(20)26(25(29)34)21(22(31)17-10-12-18(27)13-11-17)23(32)24(33)30(26)16-7-15-28(2)3/h4-6,8-13,31H,1,7,14-16H2,2-3H3/t26-/m0/s1. The number of ketones is 1. The minimum Gasteiger partial charge on any atom is -0.507 e. The van der Waals surface area contributed by atoms with Crippen molar-refractivity contribution in [3.05, 3.63) is 83.7 Å². The first-order valence-corrected chi connectivity index (χ1v) is 11.0. The quantitative estimate of drug-likeness (QED) is 0.296. The molecule has 7 nitrogen and oxygen atoms in total. The number of benzene rings is 2. The molecule has 0 saturated carbocycles. The second-order valence-corrected chi connectivity index (χ2v) is 8.61. The van der Waals surface area contributed by atoms with E-state index in [1.54, 1.807) is 30.3 Å². The minimum absolute atomic E-state index is 0.130. The summed E-state index contributed by atoms with van der Waals surface area (Å²) < 4.78 is 13.5. The van der Waals surface area contributed by atoms with Crippen molar-refractivity contribution in [3.63, 3.8) is 0 Å². The van der Waals surface area contributed by atoms with Gasteiger partial charge in [-0.05, 0) is 57.4 Å². The Morgan fingerprint density at radius 1 is 1.12 bits per heavy atom. The Morgan fingerprint density at radius 2 is 1.79 bits per heavy atom. The van der Waals surface area contributed by atoms with Gasteiger partial charge in [-0.2, -0.15) is 0 Å². The molecule has 8 heteroatoms. The number of likely N-dealkylation sites (tertiary alicyclic amines) is 1. The van der Waals surface area contributed by atoms with Crippen LogP contribution in [0.5, 0.6) is 0 Å². The van der Waals surface area contributed by atoms with E-state index in [0.717, 1.165) is 12.1 Å². The Balaban J connectivity index is 2.00. The molecular formula is C26H26FN3O4. The zero-order chi connectivity index (χ0) is 24.6. The van der Waals surface area contributed by atoms with Crippen LogP contribution < -0.4 is 4.90 Å². The van der Waals surface area contributed by atoms with Crippen molar-refractivity contribution < 1.29 is 23.9 Å². The van der Waals surface area contributed by atoms with Crippen LogP contribution in [-0.2, 0) is 19.9 Å². The van der Waals surface area contributed by atoms with Crippen LogP contribution in [0.4, 0.5) is 10.1 Å². The maximum atomic E-state index is 14.1. The molecule has 1 fully saturated rings. The average molecular weight is 464 g/mol. The van der Waals surface area contributed by atoms with Crippen LogP contribution in [0.25, 0.3) is 5.76 Å². The molecule has 0 aromatic heterocycles. The van der Waals surface area contributed by atoms with Gasteiger partial charge in [-0.1, -0.05) is 24.3 Å². The number of hydrogen-bond acceptors (Lipinski definition) is 5. The van der Waals surface area contributed by atoms with E-state index in [2.05, 4.69) is 6.58 Å². The molecule has 2 aliphatic heterocycles. The van der Waals surface area contributed by atoms with Gasteiger partial charge in [-0.15, -0.1) is 6.58 Å². The molecule has 2 amide bonds. The lowest BCUT2D eigenvalue weighted by atomic mass is 9.82. The van der Waals surface area contributed by atoms with Crippen molar-refractivity contribution in [3.8, 4) is 0 Å². The van der Waals surface area contributed by atoms with Gasteiger partial charge in [0.1, 0.15) is 11.6 Å². The lowest BCUT2D eigenvalue weighted by molar-refractivity contribution is -0.143. The molecule has 0 unspecified atom stereocenters. The third kappa shape index (κ3) is 3.42. The number of nitrogens with zero attached hydrogens (tertiary/aromatic N) is 3. The molecular weight excluding hydrogens is 437 g/mol. The van der Waals surface area contributed by atoms with Crippen molar-refractivity contribution in [2.24, 2.45) is 0 Å². The van der Waals surface area contributed by atoms with Crippen molar-refractivity contribution in [1.29, 1.82) is 0 Å². The highest BCUT2D eigenvalue weighted by molar-refractivity contribution is 6.50. The highest BCUT2D eigenvalue weighted by Crippen LogP contribution is 2.53. The van der Waals surface area contributed by atoms with Gasteiger partial charge < -0.3 is 19.8 Å². The fourth-order valence-electron chi connectivity index (χ4n) is 4.77. The van der Waals surface area contributed by atoms with E-state index < -0.39 is 34.7 Å². The summed E-state index contributed by atoms with van der Waals surface area (Å²) in [6, 6.07) is 11.8. The summed E-state index contributed by atoms with van der Waals surface area (Å²) in [5.74, 6) is -3.35. The summed E-state index contributed by atoms with van der Waals surface area (Å²) in [4.78, 5) is 45.5. The number of amides is 2. The Hall–Kier alpha value is -3.78. The monoisotopic (exact) mass is 463 g/mol. The summed E-state index contributed by atoms with van der Waals surface area (Å²) in [5, 5.41) is 11.3. The van der Waals surface area contributed by atoms with E-state index in [4.69, 9.17) is 0 Å². The highest BCUT2D eigenvalue weighted by atomic mass is 19.1. The molecule has 1 atom stereocenters. The number of anilines is 1. The summed E-state index contributed by atoms with van der Waals surface area (Å²) in [7, 11) is 3.78. The molecule has 1 N–H and O–H groups in total. The second-order valence-electron chi connectivity index (χ2n) is 8.61. The largest absolute Gasteiger partial charge is 0.507 e. The lowest BCUT2D eigenvalue weighted by Crippen LogP contribution is -2.52. The second kappa shape index (κ2) is 8.87. The molecule has 34 heavy (non-hydrogen) atoms. The number of fused-ring (bicyclic) bond motifs is 2. The Kier molecular flexibility index (Phi) is 6.10. The normalized spacial score (nSPS) is 21.1. The third-order valence-electron chi connectivity index (χ3n) is 6.23. The summed E-state index contributed by atoms with van der Waals surface area (Å²) >= 11 is 0. The molecule has 2 heterocycles. The fourth-order valence-corrected chi connectivity index (χ4v) is 4.77. The van der Waals surface area contributed by atoms with Gasteiger partial charge >= 0.3 is 0 Å². The molecule has 2 aromatic carbocycles. The third-order valence-corrected chi connectivity index (χ3v) is 6.23. The smallest absolute Gasteiger partial charge is 0.296 e. The van der Waals surface area contributed by atoms with Crippen LogP contribution in [0, 0.1) is 5.82 Å². The summed E-state index contributed by atoms with van der Waals surface area (Å²) in [5.41, 5.74) is -1.01. The van der Waals surface area contributed by atoms with Gasteiger partial charge in [0.2, 0.25) is 0 Å². The van der Waals surface area contributed by atoms with Gasteiger partial charge in [0.25, 0.3) is 17.6 Å². The number of carbonyl (C=O) groups excluding carboxylic acids is 3. The van der Waals surface area contributed by atoms with Gasteiger partial charge in [0, 0.05) is 24.2 Å². The zero-order valence-corrected chi connectivity index (χ0v) is 19.1. The van der Waals surface area contributed by atoms with E-state index in [-0.39, 0.29) is 24.2 Å². The molecule has 2 aliphatic rings. The zero-order valence-electron chi connectivity index (χ0n) is 19.1. The molecule has 4 rings (SSSR count). The van der Waals surface area contributed by atoms with Crippen LogP contribution in [0.3, 0.4) is 0 Å². The maximum Gasteiger partial charge on any atom is 0.296 e. The minimum atomic E-state index is -1.82. The maximum absolute atomic E-state index is 14.1. The lowest BCUT2D eigenvalue weighted by Gasteiger charge is -2.34. The Bertz CT molecular complexity index is 1200. The molecule has 0 aliphatic carbocycles. The van der Waals surface area contributed by atoms with Crippen LogP contribution in [0.2, 0.25) is 0 Å². The predicted molar refractivity (Wildman–Crippen MR) is 127 cm³/mol. The number of aliphatic hydroxyl groups is 1. The number of aliphatic hydroxyl groups excluding tert-OH is 1. The van der Waals surface area contributed by atoms with Crippen LogP contribution >= 0.6 is 0 Å². The number of carbonyl (C=O) groups is 3. The molecule has 1 saturated heterocycles. The molecule has 0 bridgehead atoms. The van der Waals surface area contributed by atoms with E-state index in [9.17, 15) is 23.9 Å². The predicted octanol–water partition coefficient (Wildman–Crippen LogP) is 2.89. The molecule has 0 radical (unpaired) electrons. The fraction of sp³-hybridized carbons (Fsp3) is 0.269. The first kappa shape index (κ1) is 23.4. The molecule has 2 aromatic rings. The number of Topliss-reactive ketones (excluding diaryl/α,β-unsaturated/α-hetero) is 1. The number of para-hydroxylation sites is 1. The summed E-state index contributed by atoms with van der Waals surface area (Å²) in [6.45, 7) is 4.65. The van der Waals surface area contributed by atoms with Crippen LogP contribution in [0.1, 0.15) is 17.5 Å². The Labute approximate surface area is 197 Å². The molecule has 1 spiro atoms. The van der Waals surface area contributed by atoms with Crippen LogP contribution in [-0.4, -0.2) is 66.2 Å². The number of rotatable bonds is 7. The van der Waals surface area contributed by atoms with E-state index >= 15 is 0 Å². The average Bonchev–Trinajstić information content (AvgIpc) is 3.18. The van der Waals surface area contributed by atoms with E-state index in [0.29, 0.717) is 24.2 Å². The van der Waals surface area contributed by atoms with Gasteiger partial charge in [0.15, 0.2) is 5.54 Å². The van der Waals surface area contributed by atoms with Gasteiger partial charge in [-0.25, -0.2) is 4.39 Å². The van der Waals surface area contributed by atoms with Crippen molar-refractivity contribution in [2.45, 2.75) is 12.0 Å². The SMILES string of the molecule is C=CCN1C(=O)[C@@]2(C(=C(O)c3ccc(F)cc3)C(=O)C(=O)N2CCCN(C)C)c2ccccc21. The summed E-state index contributed by atoms with van der Waals surface area (Å²) in [6.07, 6.45) is 2.07. The highest BCUT2D eigenvalue weighted by Gasteiger charge is 2.66. The number of halogens is 1. The van der Waals surface area contributed by atoms with Crippen molar-refractivity contribution in [2.75, 3.05) is 38.6 Å². The van der Waals surface area contributed by atoms with Crippen molar-refractivity contribution >= 4 is 29.0 Å². The van der Waals surface area contributed by atoms with Gasteiger partial charge in [0.05, 0.1) is 11.3 Å². The van der Waals surface area contributed by atoms with E-state index in [1.165, 1.54) is 21.9 Å². The number of hydrogen-bond donors (Lipinski definition) is 1. The van der Waals surface area contributed by atoms with Crippen LogP contribution in [0.15, 0.2) is 66.8 Å². The van der Waals surface area contributed by atoms with E-state index in [1.807, 2.05) is 19.0 Å². The molecule has 176 valence electrons. The van der Waals surface area contributed by atoms with Gasteiger partial charge in [-0.3, -0.25) is 14.4 Å².